The minimum Gasteiger partial charge on any atom is -0.462 e. The van der Waals surface area contributed by atoms with Crippen LogP contribution in [0.5, 0.6) is 0 Å². The molecule has 0 fully saturated rings. The molecule has 154 valence electrons. The van der Waals surface area contributed by atoms with Gasteiger partial charge in [-0.25, -0.2) is 22.9 Å². The lowest BCUT2D eigenvalue weighted by atomic mass is 10.2. The summed E-state index contributed by atoms with van der Waals surface area (Å²) in [6.07, 6.45) is 5.62. The molecule has 1 aromatic carbocycles. The van der Waals surface area contributed by atoms with Crippen LogP contribution in [0, 0.1) is 0 Å². The lowest BCUT2D eigenvalue weighted by Gasteiger charge is -2.08. The van der Waals surface area contributed by atoms with E-state index in [9.17, 15) is 13.2 Å². The Morgan fingerprint density at radius 3 is 2.83 bits per heavy atom. The standard InChI is InChI=1S/C19H18N6O4S/c1-3-29-19(26)13-7-8-20-17(9-13)25-12-15(11-22-25)30(27,28)23-16-6-4-5-14-10-21-24(2)18(14)16/h4-12,23H,3H2,1-2H3. The summed E-state index contributed by atoms with van der Waals surface area (Å²) in [5.41, 5.74) is 1.36. The summed E-state index contributed by atoms with van der Waals surface area (Å²) < 4.78 is 36.2. The highest BCUT2D eigenvalue weighted by Gasteiger charge is 2.20. The van der Waals surface area contributed by atoms with Crippen LogP contribution in [-0.2, 0) is 21.8 Å². The van der Waals surface area contributed by atoms with E-state index in [1.54, 1.807) is 37.0 Å². The molecule has 0 saturated carbocycles. The van der Waals surface area contributed by atoms with Crippen LogP contribution in [-0.4, -0.2) is 45.5 Å². The number of aryl methyl sites for hydroxylation is 1. The topological polar surface area (TPSA) is 121 Å². The van der Waals surface area contributed by atoms with Crippen LogP contribution in [0.2, 0.25) is 0 Å². The molecule has 4 rings (SSSR count). The van der Waals surface area contributed by atoms with Gasteiger partial charge in [0.2, 0.25) is 0 Å². The van der Waals surface area contributed by atoms with Gasteiger partial charge in [-0.1, -0.05) is 12.1 Å². The van der Waals surface area contributed by atoms with E-state index < -0.39 is 16.0 Å². The molecule has 30 heavy (non-hydrogen) atoms. The maximum absolute atomic E-state index is 12.9. The van der Waals surface area contributed by atoms with Crippen LogP contribution in [0.1, 0.15) is 17.3 Å². The summed E-state index contributed by atoms with van der Waals surface area (Å²) in [5.74, 6) is -0.206. The third kappa shape index (κ3) is 3.62. The monoisotopic (exact) mass is 426 g/mol. The van der Waals surface area contributed by atoms with Gasteiger partial charge < -0.3 is 4.74 Å². The molecule has 0 radical (unpaired) electrons. The number of rotatable bonds is 6. The molecule has 4 aromatic rings. The Morgan fingerprint density at radius 1 is 1.20 bits per heavy atom. The van der Waals surface area contributed by atoms with Crippen molar-refractivity contribution < 1.29 is 17.9 Å². The molecule has 0 aliphatic rings. The summed E-state index contributed by atoms with van der Waals surface area (Å²) in [4.78, 5) is 16.0. The minimum absolute atomic E-state index is 0.0509. The molecule has 0 aliphatic carbocycles. The lowest BCUT2D eigenvalue weighted by Crippen LogP contribution is -2.13. The zero-order valence-electron chi connectivity index (χ0n) is 16.2. The molecule has 0 aliphatic heterocycles. The first-order valence-corrected chi connectivity index (χ1v) is 10.5. The molecule has 0 atom stereocenters. The number of nitrogens with one attached hydrogen (secondary N) is 1. The molecular formula is C19H18N6O4S. The molecule has 0 spiro atoms. The van der Waals surface area contributed by atoms with E-state index in [0.29, 0.717) is 16.8 Å². The van der Waals surface area contributed by atoms with Crippen molar-refractivity contribution in [3.05, 3.63) is 60.7 Å². The average Bonchev–Trinajstić information content (AvgIpc) is 3.37. The summed E-state index contributed by atoms with van der Waals surface area (Å²) in [6.45, 7) is 1.96. The smallest absolute Gasteiger partial charge is 0.338 e. The van der Waals surface area contributed by atoms with Gasteiger partial charge in [-0.15, -0.1) is 0 Å². The quantitative estimate of drug-likeness (QED) is 0.469. The van der Waals surface area contributed by atoms with Crippen LogP contribution >= 0.6 is 0 Å². The molecule has 3 heterocycles. The molecule has 0 bridgehead atoms. The fraction of sp³-hybridized carbons (Fsp3) is 0.158. The number of hydrogen-bond acceptors (Lipinski definition) is 7. The zero-order valence-corrected chi connectivity index (χ0v) is 17.0. The predicted molar refractivity (Wildman–Crippen MR) is 109 cm³/mol. The Kier molecular flexibility index (Phi) is 4.96. The molecule has 3 aromatic heterocycles. The summed E-state index contributed by atoms with van der Waals surface area (Å²) in [7, 11) is -2.18. The second-order valence-electron chi connectivity index (χ2n) is 6.36. The summed E-state index contributed by atoms with van der Waals surface area (Å²) >= 11 is 0. The number of pyridine rings is 1. The first kappa shape index (κ1) is 19.6. The van der Waals surface area contributed by atoms with Gasteiger partial charge in [-0.2, -0.15) is 10.2 Å². The lowest BCUT2D eigenvalue weighted by molar-refractivity contribution is 0.0526. The van der Waals surface area contributed by atoms with Crippen molar-refractivity contribution >= 4 is 32.6 Å². The van der Waals surface area contributed by atoms with E-state index in [2.05, 4.69) is 19.9 Å². The van der Waals surface area contributed by atoms with Crippen molar-refractivity contribution in [2.45, 2.75) is 11.8 Å². The zero-order chi connectivity index (χ0) is 21.3. The van der Waals surface area contributed by atoms with Crippen LogP contribution in [0.4, 0.5) is 5.69 Å². The third-order valence-electron chi connectivity index (χ3n) is 4.37. The Labute approximate surface area is 172 Å². The number of nitrogens with zero attached hydrogens (tertiary/aromatic N) is 5. The van der Waals surface area contributed by atoms with E-state index in [4.69, 9.17) is 4.74 Å². The van der Waals surface area contributed by atoms with Gasteiger partial charge in [-0.05, 0) is 25.1 Å². The van der Waals surface area contributed by atoms with Gasteiger partial charge in [0.1, 0.15) is 4.90 Å². The Balaban J connectivity index is 1.64. The molecule has 11 heteroatoms. The van der Waals surface area contributed by atoms with E-state index in [0.717, 1.165) is 5.39 Å². The van der Waals surface area contributed by atoms with Gasteiger partial charge in [0.05, 0.1) is 42.0 Å². The molecule has 0 unspecified atom stereocenters. The summed E-state index contributed by atoms with van der Waals surface area (Å²) in [6, 6.07) is 8.25. The fourth-order valence-electron chi connectivity index (χ4n) is 2.97. The molecule has 10 nitrogen and oxygen atoms in total. The van der Waals surface area contributed by atoms with E-state index >= 15 is 0 Å². The maximum atomic E-state index is 12.9. The van der Waals surface area contributed by atoms with Crippen molar-refractivity contribution in [3.8, 4) is 5.82 Å². The van der Waals surface area contributed by atoms with Crippen molar-refractivity contribution in [1.82, 2.24) is 24.5 Å². The first-order chi connectivity index (χ1) is 14.4. The van der Waals surface area contributed by atoms with Crippen molar-refractivity contribution in [2.75, 3.05) is 11.3 Å². The van der Waals surface area contributed by atoms with Crippen LogP contribution < -0.4 is 4.72 Å². The molecule has 0 saturated heterocycles. The van der Waals surface area contributed by atoms with E-state index in [1.807, 2.05) is 6.07 Å². The number of carbonyl (C=O) groups excluding carboxylic acids is 1. The Bertz CT molecular complexity index is 1340. The number of para-hydroxylation sites is 1. The Hall–Kier alpha value is -3.73. The average molecular weight is 426 g/mol. The predicted octanol–water partition coefficient (Wildman–Crippen LogP) is 2.13. The second kappa shape index (κ2) is 7.59. The van der Waals surface area contributed by atoms with Gasteiger partial charge in [0, 0.05) is 18.6 Å². The number of ether oxygens (including phenoxy) is 1. The highest BCUT2D eigenvalue weighted by Crippen LogP contribution is 2.25. The Morgan fingerprint density at radius 2 is 2.03 bits per heavy atom. The van der Waals surface area contributed by atoms with Crippen LogP contribution in [0.25, 0.3) is 16.7 Å². The SMILES string of the molecule is CCOC(=O)c1ccnc(-n2cc(S(=O)(=O)Nc3cccc4cnn(C)c34)cn2)c1. The number of hydrogen-bond donors (Lipinski definition) is 1. The second-order valence-corrected chi connectivity index (χ2v) is 8.04. The fourth-order valence-corrected chi connectivity index (χ4v) is 3.97. The number of carbonyl (C=O) groups is 1. The van der Waals surface area contributed by atoms with E-state index in [1.165, 1.54) is 35.4 Å². The largest absolute Gasteiger partial charge is 0.462 e. The number of fused-ring (bicyclic) bond motifs is 1. The highest BCUT2D eigenvalue weighted by molar-refractivity contribution is 7.92. The molecular weight excluding hydrogens is 408 g/mol. The molecule has 0 amide bonds. The van der Waals surface area contributed by atoms with Gasteiger partial charge in [-0.3, -0.25) is 9.40 Å². The highest BCUT2D eigenvalue weighted by atomic mass is 32.2. The van der Waals surface area contributed by atoms with Crippen LogP contribution in [0.15, 0.2) is 60.0 Å². The minimum atomic E-state index is -3.92. The van der Waals surface area contributed by atoms with Crippen molar-refractivity contribution in [3.63, 3.8) is 0 Å². The van der Waals surface area contributed by atoms with Crippen molar-refractivity contribution in [1.29, 1.82) is 0 Å². The number of esters is 1. The first-order valence-electron chi connectivity index (χ1n) is 9.01. The number of benzene rings is 1. The van der Waals surface area contributed by atoms with Crippen molar-refractivity contribution in [2.24, 2.45) is 7.05 Å². The summed E-state index contributed by atoms with van der Waals surface area (Å²) in [5, 5.41) is 9.05. The number of aromatic nitrogens is 5. The van der Waals surface area contributed by atoms with Gasteiger partial charge in [0.15, 0.2) is 5.82 Å². The van der Waals surface area contributed by atoms with Gasteiger partial charge in [0.25, 0.3) is 10.0 Å². The van der Waals surface area contributed by atoms with Crippen LogP contribution in [0.3, 0.4) is 0 Å². The number of anilines is 1. The number of sulfonamides is 1. The van der Waals surface area contributed by atoms with Gasteiger partial charge >= 0.3 is 5.97 Å². The normalized spacial score (nSPS) is 11.5. The third-order valence-corrected chi connectivity index (χ3v) is 5.69. The van der Waals surface area contributed by atoms with E-state index in [-0.39, 0.29) is 17.3 Å². The maximum Gasteiger partial charge on any atom is 0.338 e. The molecule has 1 N–H and O–H groups in total.